The van der Waals surface area contributed by atoms with Crippen LogP contribution in [0, 0.1) is 0 Å². The molecular weight excluding hydrogens is 512 g/mol. The van der Waals surface area contributed by atoms with Crippen molar-refractivity contribution in [1.29, 1.82) is 0 Å². The summed E-state index contributed by atoms with van der Waals surface area (Å²) >= 11 is 1.62. The minimum Gasteiger partial charge on any atom is -0.508 e. The van der Waals surface area contributed by atoms with E-state index in [4.69, 9.17) is 0 Å². The molecule has 2 heterocycles. The highest BCUT2D eigenvalue weighted by Gasteiger charge is 2.28. The first-order chi connectivity index (χ1) is 19.1. The van der Waals surface area contributed by atoms with Crippen molar-refractivity contribution in [3.8, 4) is 17.1 Å². The van der Waals surface area contributed by atoms with Crippen LogP contribution in [0.1, 0.15) is 10.4 Å². The van der Waals surface area contributed by atoms with E-state index in [-0.39, 0.29) is 30.1 Å². The normalized spacial score (nSPS) is 11.8. The van der Waals surface area contributed by atoms with E-state index in [0.717, 1.165) is 21.2 Å². The van der Waals surface area contributed by atoms with E-state index in [0.29, 0.717) is 17.0 Å². The summed E-state index contributed by atoms with van der Waals surface area (Å²) in [4.78, 5) is 30.3. The molecule has 3 N–H and O–H groups in total. The lowest BCUT2D eigenvalue weighted by molar-refractivity contribution is -0.116. The summed E-state index contributed by atoms with van der Waals surface area (Å²) in [5, 5.41) is 21.2. The highest BCUT2D eigenvalue weighted by molar-refractivity contribution is 7.99. The third-order valence-electron chi connectivity index (χ3n) is 6.12. The zero-order valence-corrected chi connectivity index (χ0v) is 21.3. The van der Waals surface area contributed by atoms with Crippen LogP contribution < -0.4 is 15.6 Å². The van der Waals surface area contributed by atoms with Gasteiger partial charge < -0.3 is 10.4 Å². The van der Waals surface area contributed by atoms with Crippen molar-refractivity contribution in [2.24, 2.45) is 0 Å². The van der Waals surface area contributed by atoms with Gasteiger partial charge in [-0.1, -0.05) is 54.2 Å². The number of para-hydroxylation sites is 2. The van der Waals surface area contributed by atoms with Crippen molar-refractivity contribution in [1.82, 2.24) is 14.9 Å². The Hall–Kier alpha value is -5.09. The predicted molar refractivity (Wildman–Crippen MR) is 150 cm³/mol. The van der Waals surface area contributed by atoms with Gasteiger partial charge in [0.15, 0.2) is 5.82 Å². The van der Waals surface area contributed by atoms with Gasteiger partial charge in [0.25, 0.3) is 11.8 Å². The van der Waals surface area contributed by atoms with E-state index < -0.39 is 0 Å². The number of carbonyl (C=O) groups is 2. The highest BCUT2D eigenvalue weighted by atomic mass is 32.2. The number of amides is 2. The molecule has 0 atom stereocenters. The smallest absolute Gasteiger partial charge is 0.270 e. The van der Waals surface area contributed by atoms with Crippen LogP contribution in [0.4, 0.5) is 17.3 Å². The Morgan fingerprint density at radius 1 is 0.769 bits per heavy atom. The maximum absolute atomic E-state index is 13.6. The van der Waals surface area contributed by atoms with E-state index in [1.54, 1.807) is 53.1 Å². The summed E-state index contributed by atoms with van der Waals surface area (Å²) in [5.41, 5.74) is 5.49. The number of fused-ring (bicyclic) bond motifs is 2. The van der Waals surface area contributed by atoms with E-state index >= 15 is 0 Å². The number of phenolic OH excluding ortho intramolecular Hbond substituents is 1. The molecule has 0 aliphatic carbocycles. The molecule has 0 radical (unpaired) electrons. The Labute approximate surface area is 228 Å². The van der Waals surface area contributed by atoms with Gasteiger partial charge >= 0.3 is 0 Å². The van der Waals surface area contributed by atoms with Gasteiger partial charge in [0.1, 0.15) is 5.75 Å². The summed E-state index contributed by atoms with van der Waals surface area (Å²) in [6, 6.07) is 30.6. The number of phenols is 1. The van der Waals surface area contributed by atoms with Crippen LogP contribution in [0.3, 0.4) is 0 Å². The topological polar surface area (TPSA) is 112 Å². The zero-order chi connectivity index (χ0) is 26.8. The number of nitrogens with one attached hydrogen (secondary N) is 2. The van der Waals surface area contributed by atoms with Gasteiger partial charge in [0, 0.05) is 20.9 Å². The van der Waals surface area contributed by atoms with E-state index in [9.17, 15) is 14.7 Å². The van der Waals surface area contributed by atoms with Crippen LogP contribution in [0.5, 0.6) is 5.75 Å². The maximum Gasteiger partial charge on any atom is 0.270 e. The van der Waals surface area contributed by atoms with Crippen molar-refractivity contribution in [2.45, 2.75) is 9.79 Å². The Bertz CT molecular complexity index is 1630. The van der Waals surface area contributed by atoms with Crippen LogP contribution in [0.2, 0.25) is 0 Å². The monoisotopic (exact) mass is 534 g/mol. The third-order valence-corrected chi connectivity index (χ3v) is 7.25. The third kappa shape index (κ3) is 4.80. The molecular formula is C29H22N6O3S. The second-order valence-electron chi connectivity index (χ2n) is 8.66. The lowest BCUT2D eigenvalue weighted by Gasteiger charge is -2.31. The molecule has 1 aromatic heterocycles. The van der Waals surface area contributed by atoms with Gasteiger partial charge in [-0.05, 0) is 60.7 Å². The number of nitrogens with zero attached hydrogens (tertiary/aromatic N) is 4. The number of aromatic nitrogens is 3. The zero-order valence-electron chi connectivity index (χ0n) is 20.5. The number of aromatic hydroxyl groups is 1. The number of hydrogen-bond acceptors (Lipinski definition) is 7. The van der Waals surface area contributed by atoms with Crippen LogP contribution in [-0.2, 0) is 4.79 Å². The molecule has 1 aliphatic heterocycles. The first-order valence-electron chi connectivity index (χ1n) is 12.1. The summed E-state index contributed by atoms with van der Waals surface area (Å²) in [6.07, 6.45) is 0. The van der Waals surface area contributed by atoms with Crippen molar-refractivity contribution in [3.05, 3.63) is 109 Å². The molecule has 0 unspecified atom stereocenters. The van der Waals surface area contributed by atoms with E-state index in [1.807, 2.05) is 54.6 Å². The predicted octanol–water partition coefficient (Wildman–Crippen LogP) is 5.28. The van der Waals surface area contributed by atoms with Gasteiger partial charge in [-0.15, -0.1) is 10.2 Å². The van der Waals surface area contributed by atoms with E-state index in [1.165, 1.54) is 16.8 Å². The number of anilines is 3. The Kier molecular flexibility index (Phi) is 6.44. The van der Waals surface area contributed by atoms with Gasteiger partial charge in [-0.3, -0.25) is 19.9 Å². The lowest BCUT2D eigenvalue weighted by Crippen LogP contribution is -2.34. The number of hydrogen-bond donors (Lipinski definition) is 3. The van der Waals surface area contributed by atoms with Crippen LogP contribution >= 0.6 is 11.8 Å². The number of rotatable bonds is 6. The fourth-order valence-corrected chi connectivity index (χ4v) is 5.32. The summed E-state index contributed by atoms with van der Waals surface area (Å²) < 4.78 is 1.41. The van der Waals surface area contributed by atoms with Crippen molar-refractivity contribution >= 4 is 40.9 Å². The standard InChI is InChI=1S/C29H22N6O3S/c36-21-16-14-19(15-17-21)27-31-32-29(35(27)33-28(38)20-8-2-1-3-9-20)30-18-26(37)34-22-10-4-6-12-24(22)39-25-13-7-5-11-23(25)34/h1-17,36H,18H2,(H,30,32)(H,33,38). The van der Waals surface area contributed by atoms with Crippen molar-refractivity contribution < 1.29 is 14.7 Å². The summed E-state index contributed by atoms with van der Waals surface area (Å²) in [6.45, 7) is -0.109. The molecule has 9 nitrogen and oxygen atoms in total. The van der Waals surface area contributed by atoms with Crippen LogP contribution in [0.15, 0.2) is 113 Å². The van der Waals surface area contributed by atoms with Gasteiger partial charge in [-0.2, -0.15) is 4.68 Å². The average Bonchev–Trinajstić information content (AvgIpc) is 3.37. The Balaban J connectivity index is 1.31. The first kappa shape index (κ1) is 24.3. The molecule has 6 rings (SSSR count). The second-order valence-corrected chi connectivity index (χ2v) is 9.74. The minimum absolute atomic E-state index is 0.0994. The quantitative estimate of drug-likeness (QED) is 0.272. The number of carbonyl (C=O) groups excluding carboxylic acids is 2. The molecule has 5 aromatic rings. The molecule has 2 amide bonds. The highest BCUT2D eigenvalue weighted by Crippen LogP contribution is 2.47. The SMILES string of the molecule is O=C(Nn1c(NCC(=O)N2c3ccccc3Sc3ccccc32)nnc1-c1ccc(O)cc1)c1ccccc1. The summed E-state index contributed by atoms with van der Waals surface area (Å²) in [7, 11) is 0. The van der Waals surface area contributed by atoms with E-state index in [2.05, 4.69) is 20.9 Å². The van der Waals surface area contributed by atoms with Gasteiger partial charge in [0.05, 0.1) is 17.9 Å². The molecule has 39 heavy (non-hydrogen) atoms. The minimum atomic E-state index is -0.374. The Morgan fingerprint density at radius 2 is 1.38 bits per heavy atom. The molecule has 0 saturated carbocycles. The van der Waals surface area contributed by atoms with Crippen LogP contribution in [0.25, 0.3) is 11.4 Å². The van der Waals surface area contributed by atoms with Gasteiger partial charge in [-0.25, -0.2) is 0 Å². The molecule has 0 fully saturated rings. The maximum atomic E-state index is 13.6. The fraction of sp³-hybridized carbons (Fsp3) is 0.0345. The van der Waals surface area contributed by atoms with Crippen molar-refractivity contribution in [3.63, 3.8) is 0 Å². The van der Waals surface area contributed by atoms with Crippen LogP contribution in [-0.4, -0.2) is 38.3 Å². The largest absolute Gasteiger partial charge is 0.508 e. The average molecular weight is 535 g/mol. The van der Waals surface area contributed by atoms with Gasteiger partial charge in [0.2, 0.25) is 5.95 Å². The Morgan fingerprint density at radius 3 is 2.05 bits per heavy atom. The molecule has 0 spiro atoms. The lowest BCUT2D eigenvalue weighted by atomic mass is 10.2. The number of benzene rings is 4. The fourth-order valence-electron chi connectivity index (χ4n) is 4.26. The molecule has 0 saturated heterocycles. The molecule has 10 heteroatoms. The molecule has 0 bridgehead atoms. The summed E-state index contributed by atoms with van der Waals surface area (Å²) in [5.74, 6) is 0.0383. The first-order valence-corrected chi connectivity index (χ1v) is 12.9. The van der Waals surface area contributed by atoms with Crippen molar-refractivity contribution in [2.75, 3.05) is 22.2 Å². The molecule has 192 valence electrons. The second kappa shape index (κ2) is 10.3. The molecule has 1 aliphatic rings. The molecule has 4 aromatic carbocycles.